The Morgan fingerprint density at radius 2 is 2.14 bits per heavy atom. The van der Waals surface area contributed by atoms with Crippen molar-refractivity contribution in [2.75, 3.05) is 6.66 Å². The minimum Gasteiger partial charge on any atom is -0.483 e. The van der Waals surface area contributed by atoms with E-state index in [0.29, 0.717) is 12.5 Å². The van der Waals surface area contributed by atoms with Gasteiger partial charge in [-0.2, -0.15) is 13.0 Å². The van der Waals surface area contributed by atoms with Crippen molar-refractivity contribution >= 4 is 7.60 Å². The van der Waals surface area contributed by atoms with E-state index in [4.69, 9.17) is 9.05 Å². The number of aliphatic hydroxyl groups is 1. The van der Waals surface area contributed by atoms with Crippen LogP contribution in [0.5, 0.6) is 0 Å². The molecule has 1 N–H and O–H groups in total. The summed E-state index contributed by atoms with van der Waals surface area (Å²) in [6.45, 7) is 3.24. The molecule has 1 saturated carbocycles. The molecule has 0 aromatic carbocycles. The summed E-state index contributed by atoms with van der Waals surface area (Å²) >= 11 is 0. The quantitative estimate of drug-likeness (QED) is 0.505. The molecule has 1 aliphatic heterocycles. The van der Waals surface area contributed by atoms with E-state index in [1.54, 1.807) is 6.92 Å². The van der Waals surface area contributed by atoms with Crippen molar-refractivity contribution in [1.29, 1.82) is 0 Å². The maximum atomic E-state index is 11.5. The van der Waals surface area contributed by atoms with Gasteiger partial charge in [-0.1, -0.05) is 5.92 Å². The second-order valence-corrected chi connectivity index (χ2v) is 5.72. The Balaban J connectivity index is 0.000000980. The SMILES string of the molecule is C[C-]1OP(C)(=O)OC2CCC(O)C12.[W]. The van der Waals surface area contributed by atoms with E-state index in [-0.39, 0.29) is 33.1 Å². The van der Waals surface area contributed by atoms with Crippen LogP contribution < -0.4 is 0 Å². The molecule has 14 heavy (non-hydrogen) atoms. The van der Waals surface area contributed by atoms with E-state index in [0.717, 1.165) is 6.42 Å². The molecule has 0 spiro atoms. The van der Waals surface area contributed by atoms with Crippen LogP contribution in [-0.2, 0) is 34.7 Å². The molecule has 4 unspecified atom stereocenters. The number of hydrogen-bond donors (Lipinski definition) is 1. The summed E-state index contributed by atoms with van der Waals surface area (Å²) in [6, 6.07) is 0. The summed E-state index contributed by atoms with van der Waals surface area (Å²) in [7, 11) is -2.89. The van der Waals surface area contributed by atoms with E-state index >= 15 is 0 Å². The van der Waals surface area contributed by atoms with Crippen molar-refractivity contribution in [3.8, 4) is 0 Å². The van der Waals surface area contributed by atoms with E-state index in [1.807, 2.05) is 0 Å². The fraction of sp³-hybridized carbons (Fsp3) is 0.875. The van der Waals surface area contributed by atoms with Crippen LogP contribution in [0.25, 0.3) is 0 Å². The largest absolute Gasteiger partial charge is 0.483 e. The van der Waals surface area contributed by atoms with Gasteiger partial charge in [-0.3, -0.25) is 4.57 Å². The third-order valence-electron chi connectivity index (χ3n) is 2.67. The molecule has 0 radical (unpaired) electrons. The summed E-state index contributed by atoms with van der Waals surface area (Å²) < 4.78 is 22.0. The van der Waals surface area contributed by atoms with Crippen LogP contribution in [0.4, 0.5) is 0 Å². The van der Waals surface area contributed by atoms with Crippen molar-refractivity contribution < 1.29 is 39.8 Å². The first-order valence-electron chi connectivity index (χ1n) is 4.46. The van der Waals surface area contributed by atoms with Crippen LogP contribution in [0.15, 0.2) is 0 Å². The monoisotopic (exact) mass is 389 g/mol. The molecular formula is C8H14O4PW-. The molecule has 6 heteroatoms. The Bertz CT molecular complexity index is 260. The minimum absolute atomic E-state index is 0. The second kappa shape index (κ2) is 4.35. The van der Waals surface area contributed by atoms with Gasteiger partial charge in [0.15, 0.2) is 0 Å². The first-order valence-corrected chi connectivity index (χ1v) is 6.45. The van der Waals surface area contributed by atoms with Gasteiger partial charge in [0.05, 0.1) is 0 Å². The Morgan fingerprint density at radius 3 is 2.79 bits per heavy atom. The van der Waals surface area contributed by atoms with Gasteiger partial charge in [0.2, 0.25) is 0 Å². The van der Waals surface area contributed by atoms with Crippen molar-refractivity contribution in [2.45, 2.75) is 32.0 Å². The maximum absolute atomic E-state index is 11.5. The minimum atomic E-state index is -2.89. The molecule has 1 saturated heterocycles. The van der Waals surface area contributed by atoms with Crippen LogP contribution in [0, 0.1) is 12.0 Å². The van der Waals surface area contributed by atoms with Gasteiger partial charge in [-0.05, 0) is 12.8 Å². The zero-order chi connectivity index (χ0) is 9.64. The molecule has 4 nitrogen and oxygen atoms in total. The molecule has 2 fully saturated rings. The maximum Gasteiger partial charge on any atom is 0.297 e. The summed E-state index contributed by atoms with van der Waals surface area (Å²) in [4.78, 5) is 0. The summed E-state index contributed by atoms with van der Waals surface area (Å²) in [5.74, 6) is -0.0815. The normalized spacial score (nSPS) is 48.4. The molecule has 82 valence electrons. The fourth-order valence-corrected chi connectivity index (χ4v) is 3.60. The molecule has 2 aliphatic rings. The number of hydrogen-bond acceptors (Lipinski definition) is 4. The van der Waals surface area contributed by atoms with Gasteiger partial charge >= 0.3 is 0 Å². The molecule has 0 aromatic heterocycles. The van der Waals surface area contributed by atoms with Crippen LogP contribution in [0.2, 0.25) is 0 Å². The topological polar surface area (TPSA) is 55.8 Å². The standard InChI is InChI=1S/C8H14O4P.W/c1-5-8-6(9)3-4-7(8)12-13(2,10)11-5;/h6-9H,3-4H2,1-2H3;/q-1;. The first-order chi connectivity index (χ1) is 5.99. The second-order valence-electron chi connectivity index (χ2n) is 3.79. The Labute approximate surface area is 98.2 Å². The zero-order valence-corrected chi connectivity index (χ0v) is 12.0. The van der Waals surface area contributed by atoms with Gasteiger partial charge in [0.1, 0.15) is 0 Å². The van der Waals surface area contributed by atoms with Crippen molar-refractivity contribution in [2.24, 2.45) is 5.92 Å². The van der Waals surface area contributed by atoms with Crippen molar-refractivity contribution in [1.82, 2.24) is 0 Å². The Morgan fingerprint density at radius 1 is 1.50 bits per heavy atom. The van der Waals surface area contributed by atoms with Crippen LogP contribution in [0.1, 0.15) is 19.8 Å². The Hall–Kier alpha value is 0.798. The van der Waals surface area contributed by atoms with Crippen molar-refractivity contribution in [3.05, 3.63) is 6.10 Å². The predicted molar refractivity (Wildman–Crippen MR) is 47.1 cm³/mol. The average molecular weight is 389 g/mol. The average Bonchev–Trinajstić information content (AvgIpc) is 2.28. The fourth-order valence-electron chi connectivity index (χ4n) is 2.18. The molecule has 0 amide bonds. The summed E-state index contributed by atoms with van der Waals surface area (Å²) in [6.07, 6.45) is 1.62. The smallest absolute Gasteiger partial charge is 0.297 e. The zero-order valence-electron chi connectivity index (χ0n) is 8.17. The van der Waals surface area contributed by atoms with E-state index in [2.05, 4.69) is 0 Å². The Kier molecular flexibility index (Phi) is 4.00. The van der Waals surface area contributed by atoms with Crippen LogP contribution in [-0.4, -0.2) is 24.0 Å². The van der Waals surface area contributed by atoms with E-state index in [1.165, 1.54) is 6.66 Å². The van der Waals surface area contributed by atoms with E-state index in [9.17, 15) is 9.67 Å². The van der Waals surface area contributed by atoms with Gasteiger partial charge in [0.25, 0.3) is 7.60 Å². The first kappa shape index (κ1) is 12.9. The summed E-state index contributed by atoms with van der Waals surface area (Å²) in [5.41, 5.74) is 0. The van der Waals surface area contributed by atoms with Gasteiger partial charge in [-0.25, -0.2) is 0 Å². The molecule has 1 heterocycles. The van der Waals surface area contributed by atoms with Gasteiger partial charge < -0.3 is 14.2 Å². The molecular weight excluding hydrogens is 375 g/mol. The van der Waals surface area contributed by atoms with Crippen LogP contribution in [0.3, 0.4) is 0 Å². The van der Waals surface area contributed by atoms with Crippen LogP contribution >= 0.6 is 7.60 Å². The molecule has 4 atom stereocenters. The number of aliphatic hydroxyl groups excluding tert-OH is 1. The molecule has 0 aromatic rings. The van der Waals surface area contributed by atoms with Crippen molar-refractivity contribution in [3.63, 3.8) is 0 Å². The molecule has 1 aliphatic carbocycles. The molecule has 0 bridgehead atoms. The van der Waals surface area contributed by atoms with E-state index < -0.39 is 13.7 Å². The molecule has 2 rings (SSSR count). The predicted octanol–water partition coefficient (Wildman–Crippen LogP) is 1.54. The third kappa shape index (κ3) is 2.31. The summed E-state index contributed by atoms with van der Waals surface area (Å²) in [5, 5.41) is 9.59. The third-order valence-corrected chi connectivity index (χ3v) is 3.94. The number of fused-ring (bicyclic) bond motifs is 1. The van der Waals surface area contributed by atoms with Gasteiger partial charge in [-0.15, -0.1) is 0 Å². The van der Waals surface area contributed by atoms with Gasteiger partial charge in [0, 0.05) is 39.9 Å². The number of rotatable bonds is 0.